The molecule has 1 aromatic rings. The Morgan fingerprint density at radius 3 is 2.50 bits per heavy atom. The molecule has 0 fully saturated rings. The molecule has 0 bridgehead atoms. The standard InChI is InChI=1S/C10H11F3O2S/c1-3-14-7-4-5-9(16-2)8(6-7)15-10(11,12)13/h4-6H,3H2,1-2H3. The van der Waals surface area contributed by atoms with E-state index in [4.69, 9.17) is 4.74 Å². The van der Waals surface area contributed by atoms with Gasteiger partial charge in [-0.2, -0.15) is 0 Å². The van der Waals surface area contributed by atoms with E-state index in [1.54, 1.807) is 19.2 Å². The minimum absolute atomic E-state index is 0.231. The highest BCUT2D eigenvalue weighted by Gasteiger charge is 2.32. The van der Waals surface area contributed by atoms with Crippen LogP contribution in [0.3, 0.4) is 0 Å². The molecule has 0 aliphatic heterocycles. The predicted molar refractivity (Wildman–Crippen MR) is 56.1 cm³/mol. The predicted octanol–water partition coefficient (Wildman–Crippen LogP) is 3.71. The van der Waals surface area contributed by atoms with Crippen LogP contribution in [0.15, 0.2) is 23.1 Å². The summed E-state index contributed by atoms with van der Waals surface area (Å²) < 4.78 is 45.3. The molecule has 2 nitrogen and oxygen atoms in total. The molecule has 6 heteroatoms. The van der Waals surface area contributed by atoms with Crippen molar-refractivity contribution in [1.82, 2.24) is 0 Å². The quantitative estimate of drug-likeness (QED) is 0.761. The molecule has 0 aliphatic carbocycles. The van der Waals surface area contributed by atoms with Crippen LogP contribution in [-0.2, 0) is 0 Å². The molecule has 0 heterocycles. The molecular formula is C10H11F3O2S. The molecule has 1 rings (SSSR count). The van der Waals surface area contributed by atoms with E-state index in [9.17, 15) is 13.2 Å². The van der Waals surface area contributed by atoms with Gasteiger partial charge in [0.05, 0.1) is 6.61 Å². The number of ether oxygens (including phenoxy) is 2. The molecule has 0 amide bonds. The Morgan fingerprint density at radius 2 is 2.00 bits per heavy atom. The molecule has 16 heavy (non-hydrogen) atoms. The number of halogens is 3. The highest BCUT2D eigenvalue weighted by molar-refractivity contribution is 7.98. The number of benzene rings is 1. The second-order valence-corrected chi connectivity index (χ2v) is 3.64. The van der Waals surface area contributed by atoms with Crippen molar-refractivity contribution in [3.8, 4) is 11.5 Å². The van der Waals surface area contributed by atoms with Crippen LogP contribution in [0.1, 0.15) is 6.92 Å². The number of rotatable bonds is 4. The summed E-state index contributed by atoms with van der Waals surface area (Å²) in [6, 6.07) is 4.39. The van der Waals surface area contributed by atoms with E-state index in [0.717, 1.165) is 0 Å². The fraction of sp³-hybridized carbons (Fsp3) is 0.400. The summed E-state index contributed by atoms with van der Waals surface area (Å²) in [7, 11) is 0. The van der Waals surface area contributed by atoms with Crippen LogP contribution in [0.5, 0.6) is 11.5 Å². The van der Waals surface area contributed by atoms with Crippen LogP contribution < -0.4 is 9.47 Å². The van der Waals surface area contributed by atoms with Gasteiger partial charge >= 0.3 is 6.36 Å². The first-order chi connectivity index (χ1) is 7.46. The first kappa shape index (κ1) is 13.0. The lowest BCUT2D eigenvalue weighted by Crippen LogP contribution is -2.17. The maximum Gasteiger partial charge on any atom is 0.573 e. The normalized spacial score (nSPS) is 11.3. The van der Waals surface area contributed by atoms with Crippen molar-refractivity contribution in [2.75, 3.05) is 12.9 Å². The summed E-state index contributed by atoms with van der Waals surface area (Å²) in [5.41, 5.74) is 0. The Hall–Kier alpha value is -1.04. The van der Waals surface area contributed by atoms with E-state index < -0.39 is 6.36 Å². The molecule has 0 atom stereocenters. The third-order valence-electron chi connectivity index (χ3n) is 1.67. The maximum absolute atomic E-state index is 12.1. The van der Waals surface area contributed by atoms with Gasteiger partial charge in [-0.05, 0) is 25.3 Å². The monoisotopic (exact) mass is 252 g/mol. The summed E-state index contributed by atoms with van der Waals surface area (Å²) in [5, 5.41) is 0. The van der Waals surface area contributed by atoms with Gasteiger partial charge in [-0.1, -0.05) is 0 Å². The van der Waals surface area contributed by atoms with Gasteiger partial charge in [-0.3, -0.25) is 0 Å². The third kappa shape index (κ3) is 3.84. The maximum atomic E-state index is 12.1. The van der Waals surface area contributed by atoms with E-state index in [0.29, 0.717) is 17.3 Å². The SMILES string of the molecule is CCOc1ccc(SC)c(OC(F)(F)F)c1. The van der Waals surface area contributed by atoms with Gasteiger partial charge in [0, 0.05) is 11.0 Å². The summed E-state index contributed by atoms with van der Waals surface area (Å²) in [4.78, 5) is 0.417. The average molecular weight is 252 g/mol. The molecule has 0 unspecified atom stereocenters. The van der Waals surface area contributed by atoms with Crippen LogP contribution >= 0.6 is 11.8 Å². The fourth-order valence-electron chi connectivity index (χ4n) is 1.12. The Morgan fingerprint density at radius 1 is 1.31 bits per heavy atom. The second-order valence-electron chi connectivity index (χ2n) is 2.79. The molecule has 90 valence electrons. The smallest absolute Gasteiger partial charge is 0.494 e. The van der Waals surface area contributed by atoms with Gasteiger partial charge in [0.25, 0.3) is 0 Å². The lowest BCUT2D eigenvalue weighted by molar-refractivity contribution is -0.275. The summed E-state index contributed by atoms with van der Waals surface area (Å²) in [6.07, 6.45) is -3.01. The Labute approximate surface area is 95.7 Å². The zero-order chi connectivity index (χ0) is 12.2. The Balaban J connectivity index is 2.97. The van der Waals surface area contributed by atoms with Crippen LogP contribution in [-0.4, -0.2) is 19.2 Å². The third-order valence-corrected chi connectivity index (χ3v) is 2.45. The van der Waals surface area contributed by atoms with Gasteiger partial charge in [-0.15, -0.1) is 24.9 Å². The van der Waals surface area contributed by atoms with E-state index >= 15 is 0 Å². The van der Waals surface area contributed by atoms with E-state index in [2.05, 4.69) is 4.74 Å². The molecule has 0 aromatic heterocycles. The van der Waals surface area contributed by atoms with E-state index in [1.807, 2.05) is 0 Å². The highest BCUT2D eigenvalue weighted by Crippen LogP contribution is 2.35. The zero-order valence-electron chi connectivity index (χ0n) is 8.80. The lowest BCUT2D eigenvalue weighted by atomic mass is 10.3. The van der Waals surface area contributed by atoms with Crippen molar-refractivity contribution in [2.24, 2.45) is 0 Å². The van der Waals surface area contributed by atoms with Crippen molar-refractivity contribution in [3.63, 3.8) is 0 Å². The topological polar surface area (TPSA) is 18.5 Å². The molecule has 0 spiro atoms. The van der Waals surface area contributed by atoms with Crippen LogP contribution in [0.2, 0.25) is 0 Å². The first-order valence-corrected chi connectivity index (χ1v) is 5.75. The number of hydrogen-bond acceptors (Lipinski definition) is 3. The molecule has 0 saturated heterocycles. The highest BCUT2D eigenvalue weighted by atomic mass is 32.2. The molecule has 0 N–H and O–H groups in total. The largest absolute Gasteiger partial charge is 0.573 e. The van der Waals surface area contributed by atoms with Gasteiger partial charge in [0.15, 0.2) is 0 Å². The van der Waals surface area contributed by atoms with Crippen molar-refractivity contribution >= 4 is 11.8 Å². The van der Waals surface area contributed by atoms with Gasteiger partial charge < -0.3 is 9.47 Å². The van der Waals surface area contributed by atoms with Crippen molar-refractivity contribution in [3.05, 3.63) is 18.2 Å². The molecular weight excluding hydrogens is 241 g/mol. The van der Waals surface area contributed by atoms with E-state index in [1.165, 1.54) is 23.9 Å². The Kier molecular flexibility index (Phi) is 4.35. The van der Waals surface area contributed by atoms with Crippen LogP contribution in [0.25, 0.3) is 0 Å². The average Bonchev–Trinajstić information content (AvgIpc) is 2.16. The van der Waals surface area contributed by atoms with E-state index in [-0.39, 0.29) is 5.75 Å². The van der Waals surface area contributed by atoms with Crippen LogP contribution in [0.4, 0.5) is 13.2 Å². The zero-order valence-corrected chi connectivity index (χ0v) is 9.61. The second kappa shape index (κ2) is 5.34. The van der Waals surface area contributed by atoms with Crippen molar-refractivity contribution in [2.45, 2.75) is 18.2 Å². The Bertz CT molecular complexity index is 352. The molecule has 0 saturated carbocycles. The number of thioether (sulfide) groups is 1. The van der Waals surface area contributed by atoms with Crippen molar-refractivity contribution < 1.29 is 22.6 Å². The minimum Gasteiger partial charge on any atom is -0.494 e. The fourth-order valence-corrected chi connectivity index (χ4v) is 1.62. The first-order valence-electron chi connectivity index (χ1n) is 4.53. The number of hydrogen-bond donors (Lipinski definition) is 0. The molecule has 1 aromatic carbocycles. The van der Waals surface area contributed by atoms with Gasteiger partial charge in [0.2, 0.25) is 0 Å². The number of alkyl halides is 3. The molecule has 0 radical (unpaired) electrons. The van der Waals surface area contributed by atoms with Crippen molar-refractivity contribution in [1.29, 1.82) is 0 Å². The summed E-state index contributed by atoms with van der Waals surface area (Å²) >= 11 is 1.18. The van der Waals surface area contributed by atoms with Gasteiger partial charge in [-0.25, -0.2) is 0 Å². The summed E-state index contributed by atoms with van der Waals surface area (Å²) in [5.74, 6) is 0.130. The summed E-state index contributed by atoms with van der Waals surface area (Å²) in [6.45, 7) is 2.15. The van der Waals surface area contributed by atoms with Gasteiger partial charge in [0.1, 0.15) is 11.5 Å². The minimum atomic E-state index is -4.69. The van der Waals surface area contributed by atoms with Crippen LogP contribution in [0, 0.1) is 0 Å². The lowest BCUT2D eigenvalue weighted by Gasteiger charge is -2.13. The molecule has 0 aliphatic rings.